The zero-order valence-corrected chi connectivity index (χ0v) is 13.4. The van der Waals surface area contributed by atoms with Gasteiger partial charge in [0, 0.05) is 38.4 Å². The fourth-order valence-corrected chi connectivity index (χ4v) is 3.31. The molecule has 2 aliphatic rings. The summed E-state index contributed by atoms with van der Waals surface area (Å²) >= 11 is 0. The summed E-state index contributed by atoms with van der Waals surface area (Å²) in [5.41, 5.74) is 3.25. The summed E-state index contributed by atoms with van der Waals surface area (Å²) in [7, 11) is 1.91. The van der Waals surface area contributed by atoms with Crippen molar-refractivity contribution >= 4 is 5.82 Å². The molecule has 3 heterocycles. The van der Waals surface area contributed by atoms with Gasteiger partial charge in [-0.15, -0.1) is 0 Å². The van der Waals surface area contributed by atoms with E-state index in [1.807, 2.05) is 19.3 Å². The summed E-state index contributed by atoms with van der Waals surface area (Å²) in [6.45, 7) is 3.58. The van der Waals surface area contributed by atoms with Crippen molar-refractivity contribution in [1.82, 2.24) is 19.7 Å². The molecule has 1 saturated carbocycles. The molecule has 2 aromatic heterocycles. The molecule has 1 fully saturated rings. The second kappa shape index (κ2) is 5.94. The number of aromatic nitrogens is 3. The van der Waals surface area contributed by atoms with Crippen molar-refractivity contribution in [2.24, 2.45) is 5.92 Å². The number of nitrogens with one attached hydrogen (secondary N) is 1. The highest BCUT2D eigenvalue weighted by Crippen LogP contribution is 2.40. The molecule has 0 saturated heterocycles. The van der Waals surface area contributed by atoms with Gasteiger partial charge in [0.15, 0.2) is 0 Å². The van der Waals surface area contributed by atoms with Crippen molar-refractivity contribution in [1.29, 1.82) is 0 Å². The molecule has 6 nitrogen and oxygen atoms in total. The summed E-state index contributed by atoms with van der Waals surface area (Å²) in [4.78, 5) is 6.78. The Kier molecular flexibility index (Phi) is 3.79. The van der Waals surface area contributed by atoms with Crippen LogP contribution in [0.4, 0.5) is 5.82 Å². The fraction of sp³-hybridized carbons (Fsp3) is 0.529. The molecule has 1 atom stereocenters. The molecule has 2 aromatic rings. The summed E-state index contributed by atoms with van der Waals surface area (Å²) in [5.74, 6) is 1.37. The van der Waals surface area contributed by atoms with E-state index in [1.165, 1.54) is 11.3 Å². The van der Waals surface area contributed by atoms with Crippen LogP contribution in [0.3, 0.4) is 0 Å². The van der Waals surface area contributed by atoms with E-state index < -0.39 is 0 Å². The van der Waals surface area contributed by atoms with Crippen molar-refractivity contribution in [3.05, 3.63) is 41.3 Å². The van der Waals surface area contributed by atoms with Gasteiger partial charge in [-0.3, -0.25) is 9.58 Å². The number of anilines is 1. The lowest BCUT2D eigenvalue weighted by molar-refractivity contribution is 0.147. The molecule has 4 rings (SSSR count). The topological polar surface area (TPSA) is 66.2 Å². The van der Waals surface area contributed by atoms with E-state index in [9.17, 15) is 5.11 Å². The molecule has 6 heteroatoms. The van der Waals surface area contributed by atoms with Gasteiger partial charge in [-0.1, -0.05) is 6.07 Å². The maximum absolute atomic E-state index is 10.3. The van der Waals surface area contributed by atoms with Crippen LogP contribution in [0.25, 0.3) is 0 Å². The Balaban J connectivity index is 1.48. The third-order valence-electron chi connectivity index (χ3n) is 4.79. The molecule has 0 spiro atoms. The lowest BCUT2D eigenvalue weighted by Crippen LogP contribution is -2.33. The Morgan fingerprint density at radius 1 is 1.39 bits per heavy atom. The van der Waals surface area contributed by atoms with Gasteiger partial charge < -0.3 is 10.4 Å². The molecule has 0 radical (unpaired) electrons. The third-order valence-corrected chi connectivity index (χ3v) is 4.79. The molecule has 1 unspecified atom stereocenters. The van der Waals surface area contributed by atoms with Crippen molar-refractivity contribution in [3.8, 4) is 0 Å². The second-order valence-corrected chi connectivity index (χ2v) is 6.54. The molecule has 23 heavy (non-hydrogen) atoms. The Bertz CT molecular complexity index is 694. The molecule has 1 aliphatic heterocycles. The van der Waals surface area contributed by atoms with E-state index in [0.29, 0.717) is 5.92 Å². The molecule has 0 bridgehead atoms. The number of aliphatic hydroxyl groups is 1. The molecule has 1 aliphatic carbocycles. The van der Waals surface area contributed by atoms with Crippen LogP contribution in [0.2, 0.25) is 0 Å². The fourth-order valence-electron chi connectivity index (χ4n) is 3.31. The SMILES string of the molecule is CNc1ncccc1CN1CCn2nc(C(O)C3CC3)cc2C1. The summed E-state index contributed by atoms with van der Waals surface area (Å²) in [6, 6.07) is 6.18. The monoisotopic (exact) mass is 313 g/mol. The normalized spacial score (nSPS) is 19.4. The number of nitrogens with zero attached hydrogens (tertiary/aromatic N) is 4. The summed E-state index contributed by atoms with van der Waals surface area (Å²) in [6.07, 6.45) is 3.69. The first-order valence-corrected chi connectivity index (χ1v) is 8.33. The lowest BCUT2D eigenvalue weighted by atomic mass is 10.1. The predicted octanol–water partition coefficient (Wildman–Crippen LogP) is 1.78. The largest absolute Gasteiger partial charge is 0.386 e. The van der Waals surface area contributed by atoms with Crippen molar-refractivity contribution < 1.29 is 5.11 Å². The molecule has 122 valence electrons. The highest BCUT2D eigenvalue weighted by atomic mass is 16.3. The Labute approximate surface area is 136 Å². The van der Waals surface area contributed by atoms with E-state index in [-0.39, 0.29) is 6.10 Å². The average Bonchev–Trinajstić information content (AvgIpc) is 3.34. The van der Waals surface area contributed by atoms with Crippen LogP contribution in [0.5, 0.6) is 0 Å². The van der Waals surface area contributed by atoms with Crippen LogP contribution in [0.15, 0.2) is 24.4 Å². The van der Waals surface area contributed by atoms with Crippen LogP contribution < -0.4 is 5.32 Å². The molecular weight excluding hydrogens is 290 g/mol. The Morgan fingerprint density at radius 2 is 2.26 bits per heavy atom. The Morgan fingerprint density at radius 3 is 3.04 bits per heavy atom. The van der Waals surface area contributed by atoms with Gasteiger partial charge in [-0.05, 0) is 30.9 Å². The third kappa shape index (κ3) is 2.96. The van der Waals surface area contributed by atoms with E-state index in [1.54, 1.807) is 0 Å². The van der Waals surface area contributed by atoms with Crippen LogP contribution in [0, 0.1) is 5.92 Å². The zero-order chi connectivity index (χ0) is 15.8. The predicted molar refractivity (Wildman–Crippen MR) is 87.8 cm³/mol. The summed E-state index contributed by atoms with van der Waals surface area (Å²) < 4.78 is 2.06. The zero-order valence-electron chi connectivity index (χ0n) is 13.4. The molecule has 0 amide bonds. The van der Waals surface area contributed by atoms with E-state index in [2.05, 4.69) is 37.1 Å². The average molecular weight is 313 g/mol. The van der Waals surface area contributed by atoms with Gasteiger partial charge in [0.25, 0.3) is 0 Å². The molecule has 0 aromatic carbocycles. The first-order chi connectivity index (χ1) is 11.2. The summed E-state index contributed by atoms with van der Waals surface area (Å²) in [5, 5.41) is 18.0. The van der Waals surface area contributed by atoms with E-state index in [4.69, 9.17) is 0 Å². The first kappa shape index (κ1) is 14.7. The number of fused-ring (bicyclic) bond motifs is 1. The maximum Gasteiger partial charge on any atom is 0.130 e. The number of aliphatic hydroxyl groups excluding tert-OH is 1. The van der Waals surface area contributed by atoms with Crippen LogP contribution in [-0.2, 0) is 19.6 Å². The van der Waals surface area contributed by atoms with Crippen molar-refractivity contribution in [3.63, 3.8) is 0 Å². The van der Waals surface area contributed by atoms with Gasteiger partial charge in [-0.2, -0.15) is 5.10 Å². The number of pyridine rings is 1. The minimum absolute atomic E-state index is 0.379. The smallest absolute Gasteiger partial charge is 0.130 e. The van der Waals surface area contributed by atoms with Crippen LogP contribution in [0.1, 0.15) is 35.9 Å². The van der Waals surface area contributed by atoms with Gasteiger partial charge >= 0.3 is 0 Å². The van der Waals surface area contributed by atoms with Gasteiger partial charge in [0.2, 0.25) is 0 Å². The van der Waals surface area contributed by atoms with Gasteiger partial charge in [0.05, 0.1) is 17.9 Å². The number of hydrogen-bond donors (Lipinski definition) is 2. The minimum atomic E-state index is -0.379. The van der Waals surface area contributed by atoms with Gasteiger partial charge in [0.1, 0.15) is 11.9 Å². The van der Waals surface area contributed by atoms with E-state index in [0.717, 1.165) is 50.5 Å². The minimum Gasteiger partial charge on any atom is -0.386 e. The van der Waals surface area contributed by atoms with Gasteiger partial charge in [-0.25, -0.2) is 4.98 Å². The van der Waals surface area contributed by atoms with Crippen molar-refractivity contribution in [2.45, 2.75) is 38.6 Å². The highest BCUT2D eigenvalue weighted by Gasteiger charge is 2.33. The molecular formula is C17H23N5O. The number of rotatable bonds is 5. The standard InChI is InChI=1S/C17H23N5O/c1-18-17-13(3-2-6-19-17)10-21-7-8-22-14(11-21)9-15(20-22)16(23)12-4-5-12/h2-3,6,9,12,16,23H,4-5,7-8,10-11H2,1H3,(H,18,19). The second-order valence-electron chi connectivity index (χ2n) is 6.54. The lowest BCUT2D eigenvalue weighted by Gasteiger charge is -2.27. The molecule has 2 N–H and O–H groups in total. The van der Waals surface area contributed by atoms with E-state index >= 15 is 0 Å². The van der Waals surface area contributed by atoms with Crippen LogP contribution in [-0.4, -0.2) is 38.4 Å². The van der Waals surface area contributed by atoms with Crippen LogP contribution >= 0.6 is 0 Å². The Hall–Kier alpha value is -1.92. The maximum atomic E-state index is 10.3. The quantitative estimate of drug-likeness (QED) is 0.881. The first-order valence-electron chi connectivity index (χ1n) is 8.33. The van der Waals surface area contributed by atoms with Crippen molar-refractivity contribution in [2.75, 3.05) is 18.9 Å². The number of hydrogen-bond acceptors (Lipinski definition) is 5. The highest BCUT2D eigenvalue weighted by molar-refractivity contribution is 5.42.